The Labute approximate surface area is 121 Å². The largest absolute Gasteiger partial charge is 0.238 e. The smallest absolute Gasteiger partial charge is 0.150 e. The molecule has 0 N–H and O–H groups in total. The average Bonchev–Trinajstić information content (AvgIpc) is 3.00. The van der Waals surface area contributed by atoms with Gasteiger partial charge in [-0.25, -0.2) is 4.98 Å². The summed E-state index contributed by atoms with van der Waals surface area (Å²) in [5.74, 6) is 0.966. The third-order valence-corrected chi connectivity index (χ3v) is 4.84. The molecule has 0 aliphatic rings. The standard InChI is InChI=1S/C16H13NS2/c1-2-6-14(7-3-1)15-8-4-5-13(11-15)12-19-16-17-9-10-18-16/h1-11H,12H2. The van der Waals surface area contributed by atoms with E-state index in [9.17, 15) is 0 Å². The second-order valence-corrected chi connectivity index (χ2v) is 6.27. The van der Waals surface area contributed by atoms with Gasteiger partial charge < -0.3 is 0 Å². The van der Waals surface area contributed by atoms with Crippen molar-refractivity contribution in [3.63, 3.8) is 0 Å². The summed E-state index contributed by atoms with van der Waals surface area (Å²) < 4.78 is 1.13. The predicted octanol–water partition coefficient (Wildman–Crippen LogP) is 5.10. The Kier molecular flexibility index (Phi) is 3.96. The van der Waals surface area contributed by atoms with Gasteiger partial charge in [-0.05, 0) is 16.7 Å². The molecule has 0 saturated heterocycles. The van der Waals surface area contributed by atoms with Crippen molar-refractivity contribution in [2.75, 3.05) is 0 Å². The summed E-state index contributed by atoms with van der Waals surface area (Å²) in [6.45, 7) is 0. The van der Waals surface area contributed by atoms with Gasteiger partial charge >= 0.3 is 0 Å². The van der Waals surface area contributed by atoms with Crippen LogP contribution in [-0.2, 0) is 5.75 Å². The van der Waals surface area contributed by atoms with E-state index in [2.05, 4.69) is 53.5 Å². The lowest BCUT2D eigenvalue weighted by Gasteiger charge is -2.04. The maximum absolute atomic E-state index is 4.29. The molecule has 94 valence electrons. The average molecular weight is 283 g/mol. The van der Waals surface area contributed by atoms with E-state index in [1.807, 2.05) is 17.6 Å². The summed E-state index contributed by atoms with van der Waals surface area (Å²) in [6, 6.07) is 19.2. The van der Waals surface area contributed by atoms with Crippen LogP contribution in [0.3, 0.4) is 0 Å². The second kappa shape index (κ2) is 6.04. The van der Waals surface area contributed by atoms with E-state index < -0.39 is 0 Å². The summed E-state index contributed by atoms with van der Waals surface area (Å²) in [4.78, 5) is 4.29. The number of nitrogens with zero attached hydrogens (tertiary/aromatic N) is 1. The first-order valence-electron chi connectivity index (χ1n) is 6.08. The SMILES string of the molecule is c1ccc(-c2cccc(CSc3nccs3)c2)cc1. The molecule has 0 radical (unpaired) electrons. The van der Waals surface area contributed by atoms with Gasteiger partial charge in [-0.1, -0.05) is 66.4 Å². The fraction of sp³-hybridized carbons (Fsp3) is 0.0625. The molecule has 3 rings (SSSR count). The molecule has 0 aliphatic heterocycles. The molecule has 0 saturated carbocycles. The van der Waals surface area contributed by atoms with Crippen LogP contribution in [0.2, 0.25) is 0 Å². The highest BCUT2D eigenvalue weighted by atomic mass is 32.2. The molecule has 1 nitrogen and oxygen atoms in total. The Morgan fingerprint density at radius 3 is 2.58 bits per heavy atom. The van der Waals surface area contributed by atoms with Gasteiger partial charge in [0.15, 0.2) is 0 Å². The zero-order valence-electron chi connectivity index (χ0n) is 10.3. The molecule has 0 unspecified atom stereocenters. The summed E-state index contributed by atoms with van der Waals surface area (Å²) in [7, 11) is 0. The normalized spacial score (nSPS) is 10.5. The number of aromatic nitrogens is 1. The Balaban J connectivity index is 1.77. The predicted molar refractivity (Wildman–Crippen MR) is 83.6 cm³/mol. The Morgan fingerprint density at radius 1 is 0.947 bits per heavy atom. The van der Waals surface area contributed by atoms with Crippen LogP contribution in [0.5, 0.6) is 0 Å². The first-order chi connectivity index (χ1) is 9.42. The molecule has 2 aromatic carbocycles. The van der Waals surface area contributed by atoms with Crippen LogP contribution in [0.1, 0.15) is 5.56 Å². The molecule has 0 amide bonds. The maximum atomic E-state index is 4.29. The third kappa shape index (κ3) is 3.25. The molecule has 0 atom stereocenters. The molecule has 1 aromatic heterocycles. The van der Waals surface area contributed by atoms with Crippen LogP contribution in [0.4, 0.5) is 0 Å². The summed E-state index contributed by atoms with van der Waals surface area (Å²) in [6.07, 6.45) is 1.85. The van der Waals surface area contributed by atoms with Gasteiger partial charge in [0.25, 0.3) is 0 Å². The summed E-state index contributed by atoms with van der Waals surface area (Å²) in [5.41, 5.74) is 3.88. The van der Waals surface area contributed by atoms with E-state index in [0.717, 1.165) is 10.1 Å². The minimum atomic E-state index is 0.966. The molecular weight excluding hydrogens is 270 g/mol. The number of thioether (sulfide) groups is 1. The van der Waals surface area contributed by atoms with E-state index >= 15 is 0 Å². The Hall–Kier alpha value is -1.58. The fourth-order valence-corrected chi connectivity index (χ4v) is 3.48. The monoisotopic (exact) mass is 283 g/mol. The van der Waals surface area contributed by atoms with Gasteiger partial charge in [0.05, 0.1) is 0 Å². The third-order valence-electron chi connectivity index (χ3n) is 2.81. The van der Waals surface area contributed by atoms with Crippen LogP contribution < -0.4 is 0 Å². The number of hydrogen-bond acceptors (Lipinski definition) is 3. The summed E-state index contributed by atoms with van der Waals surface area (Å²) in [5, 5.41) is 2.02. The van der Waals surface area contributed by atoms with Crippen molar-refractivity contribution in [1.82, 2.24) is 4.98 Å². The first kappa shape index (κ1) is 12.5. The van der Waals surface area contributed by atoms with Crippen molar-refractivity contribution >= 4 is 23.1 Å². The van der Waals surface area contributed by atoms with Crippen LogP contribution in [0, 0.1) is 0 Å². The maximum Gasteiger partial charge on any atom is 0.150 e. The second-order valence-electron chi connectivity index (χ2n) is 4.15. The zero-order chi connectivity index (χ0) is 12.9. The molecule has 0 spiro atoms. The van der Waals surface area contributed by atoms with Gasteiger partial charge in [-0.15, -0.1) is 11.3 Å². The van der Waals surface area contributed by atoms with Gasteiger partial charge in [0.2, 0.25) is 0 Å². The van der Waals surface area contributed by atoms with Gasteiger partial charge in [0, 0.05) is 17.3 Å². The van der Waals surface area contributed by atoms with Crippen molar-refractivity contribution < 1.29 is 0 Å². The van der Waals surface area contributed by atoms with Crippen LogP contribution in [-0.4, -0.2) is 4.98 Å². The van der Waals surface area contributed by atoms with Crippen molar-refractivity contribution in [1.29, 1.82) is 0 Å². The van der Waals surface area contributed by atoms with Crippen molar-refractivity contribution in [2.24, 2.45) is 0 Å². The van der Waals surface area contributed by atoms with E-state index in [1.165, 1.54) is 16.7 Å². The first-order valence-corrected chi connectivity index (χ1v) is 7.95. The van der Waals surface area contributed by atoms with Crippen molar-refractivity contribution in [3.05, 3.63) is 71.7 Å². The fourth-order valence-electron chi connectivity index (χ4n) is 1.90. The Morgan fingerprint density at radius 2 is 1.79 bits per heavy atom. The van der Waals surface area contributed by atoms with Crippen LogP contribution in [0.15, 0.2) is 70.5 Å². The molecule has 0 fully saturated rings. The van der Waals surface area contributed by atoms with Gasteiger partial charge in [-0.2, -0.15) is 0 Å². The van der Waals surface area contributed by atoms with Gasteiger partial charge in [-0.3, -0.25) is 0 Å². The highest BCUT2D eigenvalue weighted by Gasteiger charge is 2.01. The minimum absolute atomic E-state index is 0.966. The van der Waals surface area contributed by atoms with E-state index in [0.29, 0.717) is 0 Å². The molecule has 3 heteroatoms. The topological polar surface area (TPSA) is 12.9 Å². The van der Waals surface area contributed by atoms with E-state index in [1.54, 1.807) is 23.1 Å². The molecule has 3 aromatic rings. The lowest BCUT2D eigenvalue weighted by molar-refractivity contribution is 1.24. The van der Waals surface area contributed by atoms with E-state index in [-0.39, 0.29) is 0 Å². The minimum Gasteiger partial charge on any atom is -0.238 e. The Bertz CT molecular complexity index is 633. The van der Waals surface area contributed by atoms with Crippen molar-refractivity contribution in [3.8, 4) is 11.1 Å². The molecule has 0 bridgehead atoms. The molecule has 19 heavy (non-hydrogen) atoms. The lowest BCUT2D eigenvalue weighted by Crippen LogP contribution is -1.83. The molecule has 1 heterocycles. The highest BCUT2D eigenvalue weighted by molar-refractivity contribution is 8.00. The highest BCUT2D eigenvalue weighted by Crippen LogP contribution is 2.27. The van der Waals surface area contributed by atoms with Crippen molar-refractivity contribution in [2.45, 2.75) is 10.1 Å². The number of thiazole rings is 1. The van der Waals surface area contributed by atoms with E-state index in [4.69, 9.17) is 0 Å². The quantitative estimate of drug-likeness (QED) is 0.618. The number of rotatable bonds is 4. The van der Waals surface area contributed by atoms with Crippen LogP contribution in [0.25, 0.3) is 11.1 Å². The lowest BCUT2D eigenvalue weighted by atomic mass is 10.0. The number of hydrogen-bond donors (Lipinski definition) is 0. The molecule has 0 aliphatic carbocycles. The van der Waals surface area contributed by atoms with Crippen LogP contribution >= 0.6 is 23.1 Å². The molecular formula is C16H13NS2. The zero-order valence-corrected chi connectivity index (χ0v) is 12.0. The summed E-state index contributed by atoms with van der Waals surface area (Å²) >= 11 is 3.49. The van der Waals surface area contributed by atoms with Gasteiger partial charge in [0.1, 0.15) is 4.34 Å². The number of benzene rings is 2.